The molecule has 1 heterocycles. The van der Waals surface area contributed by atoms with E-state index < -0.39 is 18.0 Å². The summed E-state index contributed by atoms with van der Waals surface area (Å²) < 4.78 is 0. The van der Waals surface area contributed by atoms with Gasteiger partial charge in [-0.1, -0.05) is 18.2 Å². The fourth-order valence-electron chi connectivity index (χ4n) is 1.89. The molecule has 0 radical (unpaired) electrons. The van der Waals surface area contributed by atoms with Crippen LogP contribution in [0.5, 0.6) is 0 Å². The number of carbonyl (C=O) groups excluding carboxylic acids is 2. The number of primary amides is 1. The molecule has 1 aromatic heterocycles. The Morgan fingerprint density at radius 2 is 2.11 bits per heavy atom. The zero-order valence-electron chi connectivity index (χ0n) is 9.47. The summed E-state index contributed by atoms with van der Waals surface area (Å²) in [6.07, 6.45) is 1.83. The number of aromatic amines is 1. The second-order valence-corrected chi connectivity index (χ2v) is 3.94. The van der Waals surface area contributed by atoms with Gasteiger partial charge in [0.1, 0.15) is 0 Å². The van der Waals surface area contributed by atoms with Gasteiger partial charge in [0, 0.05) is 23.5 Å². The van der Waals surface area contributed by atoms with Gasteiger partial charge in [-0.25, -0.2) is 4.79 Å². The number of benzene rings is 1. The quantitative estimate of drug-likeness (QED) is 0.676. The molecule has 0 saturated heterocycles. The van der Waals surface area contributed by atoms with Crippen molar-refractivity contribution in [3.05, 3.63) is 36.0 Å². The second-order valence-electron chi connectivity index (χ2n) is 3.94. The lowest BCUT2D eigenvalue weighted by atomic mass is 10.1. The van der Waals surface area contributed by atoms with Crippen molar-refractivity contribution >= 4 is 22.9 Å². The van der Waals surface area contributed by atoms with Crippen molar-refractivity contribution in [2.45, 2.75) is 12.5 Å². The molecule has 2 aromatic rings. The van der Waals surface area contributed by atoms with Crippen LogP contribution in [-0.4, -0.2) is 23.0 Å². The van der Waals surface area contributed by atoms with Crippen LogP contribution < -0.4 is 16.2 Å². The lowest BCUT2D eigenvalue weighted by Crippen LogP contribution is -2.50. The highest BCUT2D eigenvalue weighted by atomic mass is 16.4. The molecule has 2 amide bonds. The highest BCUT2D eigenvalue weighted by Gasteiger charge is 2.14. The average molecular weight is 246 g/mol. The standard InChI is InChI=1S/C12H13N3O3/c13-12(18)15-10(11(16)17)5-7-6-14-9-4-2-1-3-8(7)9/h1-4,6,10,14H,5H2,(H,16,17)(H3,13,15,18)/p-1. The number of nitrogens with one attached hydrogen (secondary N) is 2. The van der Waals surface area contributed by atoms with Gasteiger partial charge in [-0.05, 0) is 11.6 Å². The first-order chi connectivity index (χ1) is 8.58. The molecule has 18 heavy (non-hydrogen) atoms. The molecule has 0 aliphatic heterocycles. The van der Waals surface area contributed by atoms with E-state index in [1.54, 1.807) is 6.20 Å². The summed E-state index contributed by atoms with van der Waals surface area (Å²) in [4.78, 5) is 24.7. The van der Waals surface area contributed by atoms with Crippen molar-refractivity contribution in [3.63, 3.8) is 0 Å². The van der Waals surface area contributed by atoms with Crippen LogP contribution in [0, 0.1) is 0 Å². The Labute approximate surface area is 103 Å². The van der Waals surface area contributed by atoms with Gasteiger partial charge in [0.05, 0.1) is 12.0 Å². The van der Waals surface area contributed by atoms with E-state index in [4.69, 9.17) is 5.73 Å². The van der Waals surface area contributed by atoms with Gasteiger partial charge in [-0.15, -0.1) is 0 Å². The molecule has 4 N–H and O–H groups in total. The number of nitrogens with two attached hydrogens (primary N) is 1. The van der Waals surface area contributed by atoms with Gasteiger partial charge < -0.3 is 25.9 Å². The summed E-state index contributed by atoms with van der Waals surface area (Å²) in [5.41, 5.74) is 6.62. The minimum atomic E-state index is -1.36. The second kappa shape index (κ2) is 4.79. The predicted molar refractivity (Wildman–Crippen MR) is 63.5 cm³/mol. The number of aromatic nitrogens is 1. The summed E-state index contributed by atoms with van der Waals surface area (Å²) in [5.74, 6) is -1.36. The number of carboxylic acids is 1. The van der Waals surface area contributed by atoms with Crippen LogP contribution in [0.1, 0.15) is 5.56 Å². The number of H-pyrrole nitrogens is 1. The predicted octanol–water partition coefficient (Wildman–Crippen LogP) is -0.503. The zero-order chi connectivity index (χ0) is 13.1. The van der Waals surface area contributed by atoms with Gasteiger partial charge in [-0.2, -0.15) is 0 Å². The largest absolute Gasteiger partial charge is 0.548 e. The van der Waals surface area contributed by atoms with Crippen LogP contribution in [0.15, 0.2) is 30.5 Å². The number of rotatable bonds is 4. The van der Waals surface area contributed by atoms with Crippen molar-refractivity contribution in [1.82, 2.24) is 10.3 Å². The van der Waals surface area contributed by atoms with E-state index in [1.807, 2.05) is 24.3 Å². The first kappa shape index (κ1) is 12.0. The fraction of sp³-hybridized carbons (Fsp3) is 0.167. The maximum absolute atomic E-state index is 10.9. The van der Waals surface area contributed by atoms with Gasteiger partial charge in [0.2, 0.25) is 0 Å². The number of para-hydroxylation sites is 1. The number of hydrogen-bond donors (Lipinski definition) is 3. The molecule has 94 valence electrons. The molecule has 2 rings (SSSR count). The molecule has 0 saturated carbocycles. The summed E-state index contributed by atoms with van der Waals surface area (Å²) >= 11 is 0. The van der Waals surface area contributed by atoms with Crippen LogP contribution in [-0.2, 0) is 11.2 Å². The first-order valence-corrected chi connectivity index (χ1v) is 5.39. The van der Waals surface area contributed by atoms with Gasteiger partial charge in [0.15, 0.2) is 0 Å². The Bertz CT molecular complexity index is 591. The fourth-order valence-corrected chi connectivity index (χ4v) is 1.89. The van der Waals surface area contributed by atoms with Crippen LogP contribution in [0.4, 0.5) is 4.79 Å². The van der Waals surface area contributed by atoms with E-state index in [1.165, 1.54) is 0 Å². The first-order valence-electron chi connectivity index (χ1n) is 5.39. The number of carbonyl (C=O) groups is 2. The molecule has 0 fully saturated rings. The third-order valence-corrected chi connectivity index (χ3v) is 2.70. The molecular formula is C12H12N3O3-. The van der Waals surface area contributed by atoms with E-state index in [2.05, 4.69) is 10.3 Å². The minimum absolute atomic E-state index is 0.120. The molecule has 0 bridgehead atoms. The van der Waals surface area contributed by atoms with Crippen LogP contribution in [0.25, 0.3) is 10.9 Å². The lowest BCUT2D eigenvalue weighted by molar-refractivity contribution is -0.308. The van der Waals surface area contributed by atoms with Crippen LogP contribution in [0.3, 0.4) is 0 Å². The normalized spacial score (nSPS) is 12.2. The maximum Gasteiger partial charge on any atom is 0.312 e. The Balaban J connectivity index is 2.26. The Hall–Kier alpha value is -2.50. The third-order valence-electron chi connectivity index (χ3n) is 2.70. The number of hydrogen-bond acceptors (Lipinski definition) is 3. The van der Waals surface area contributed by atoms with Crippen LogP contribution in [0.2, 0.25) is 0 Å². The summed E-state index contributed by atoms with van der Waals surface area (Å²) in [7, 11) is 0. The number of amides is 2. The van der Waals surface area contributed by atoms with E-state index in [-0.39, 0.29) is 6.42 Å². The summed E-state index contributed by atoms with van der Waals surface area (Å²) in [5, 5.41) is 14.0. The maximum atomic E-state index is 10.9. The van der Waals surface area contributed by atoms with Gasteiger partial charge in [0.25, 0.3) is 0 Å². The van der Waals surface area contributed by atoms with E-state index in [0.29, 0.717) is 0 Å². The van der Waals surface area contributed by atoms with Crippen molar-refractivity contribution in [2.75, 3.05) is 0 Å². The minimum Gasteiger partial charge on any atom is -0.548 e. The highest BCUT2D eigenvalue weighted by molar-refractivity contribution is 5.85. The molecule has 6 heteroatoms. The smallest absolute Gasteiger partial charge is 0.312 e. The number of aliphatic carboxylic acids is 1. The number of urea groups is 1. The van der Waals surface area contributed by atoms with Crippen molar-refractivity contribution in [2.24, 2.45) is 5.73 Å². The SMILES string of the molecule is NC(=O)NC(Cc1c[nH]c2ccccc12)C(=O)[O-]. The lowest BCUT2D eigenvalue weighted by Gasteiger charge is -2.17. The third kappa shape index (κ3) is 2.42. The van der Waals surface area contributed by atoms with Crippen LogP contribution >= 0.6 is 0 Å². The topological polar surface area (TPSA) is 111 Å². The monoisotopic (exact) mass is 246 g/mol. The number of fused-ring (bicyclic) bond motifs is 1. The van der Waals surface area contributed by atoms with Crippen molar-refractivity contribution in [3.8, 4) is 0 Å². The molecule has 0 aliphatic rings. The molecule has 0 aliphatic carbocycles. The Morgan fingerprint density at radius 3 is 2.78 bits per heavy atom. The summed E-state index contributed by atoms with van der Waals surface area (Å²) in [6.45, 7) is 0. The molecule has 1 unspecified atom stereocenters. The average Bonchev–Trinajstić information content (AvgIpc) is 2.71. The Kier molecular flexibility index (Phi) is 3.18. The molecule has 1 aromatic carbocycles. The van der Waals surface area contributed by atoms with Crippen molar-refractivity contribution < 1.29 is 14.7 Å². The van der Waals surface area contributed by atoms with E-state index in [9.17, 15) is 14.7 Å². The van der Waals surface area contributed by atoms with Crippen molar-refractivity contribution in [1.29, 1.82) is 0 Å². The molecular weight excluding hydrogens is 234 g/mol. The Morgan fingerprint density at radius 1 is 1.39 bits per heavy atom. The summed E-state index contributed by atoms with van der Waals surface area (Å²) in [6, 6.07) is 5.47. The molecule has 0 spiro atoms. The van der Waals surface area contributed by atoms with Gasteiger partial charge >= 0.3 is 6.03 Å². The van der Waals surface area contributed by atoms with E-state index in [0.717, 1.165) is 16.5 Å². The molecule has 6 nitrogen and oxygen atoms in total. The van der Waals surface area contributed by atoms with Gasteiger partial charge in [-0.3, -0.25) is 0 Å². The number of carboxylic acid groups (broad SMARTS) is 1. The zero-order valence-corrected chi connectivity index (χ0v) is 9.47. The van der Waals surface area contributed by atoms with E-state index >= 15 is 0 Å². The molecule has 1 atom stereocenters. The highest BCUT2D eigenvalue weighted by Crippen LogP contribution is 2.18.